The van der Waals surface area contributed by atoms with Gasteiger partial charge in [0.05, 0.1) is 49.4 Å². The molecule has 2 aromatic rings. The van der Waals surface area contributed by atoms with Gasteiger partial charge in [-0.05, 0) is 36.4 Å². The Morgan fingerprint density at radius 2 is 0.953 bits per heavy atom. The fourth-order valence-electron chi connectivity index (χ4n) is 4.92. The molecule has 0 spiro atoms. The summed E-state index contributed by atoms with van der Waals surface area (Å²) in [6.07, 6.45) is -0.367. The minimum atomic E-state index is -4.35. The van der Waals surface area contributed by atoms with Crippen LogP contribution >= 0.6 is 0 Å². The molecule has 43 heavy (non-hydrogen) atoms. The number of ether oxygens (including phenoxy) is 4. The summed E-state index contributed by atoms with van der Waals surface area (Å²) in [5.74, 6) is -7.48. The maximum absolute atomic E-state index is 13.5. The molecule has 0 aromatic heterocycles. The van der Waals surface area contributed by atoms with Gasteiger partial charge in [0, 0.05) is 49.3 Å². The Labute approximate surface area is 247 Å². The molecular formula is C30H30O12S. The average Bonchev–Trinajstić information content (AvgIpc) is 3.40. The van der Waals surface area contributed by atoms with Crippen LogP contribution in [-0.2, 0) is 38.4 Å². The first-order chi connectivity index (χ1) is 20.5. The number of sulfone groups is 1. The number of carbonyl (C=O) groups is 6. The summed E-state index contributed by atoms with van der Waals surface area (Å²) in [4.78, 5) is 76.4. The number of Topliss-reactive ketones (excluding diaryl/α,β-unsaturated/α-hetero) is 6. The van der Waals surface area contributed by atoms with Crippen LogP contribution < -0.4 is 0 Å². The normalized spacial score (nSPS) is 17.8. The van der Waals surface area contributed by atoms with Gasteiger partial charge in [0.25, 0.3) is 0 Å². The van der Waals surface area contributed by atoms with Crippen LogP contribution in [0.4, 0.5) is 0 Å². The zero-order chi connectivity index (χ0) is 31.3. The third-order valence-corrected chi connectivity index (χ3v) is 8.96. The lowest BCUT2D eigenvalue weighted by Gasteiger charge is -2.08. The lowest BCUT2D eigenvalue weighted by atomic mass is 9.96. The number of rotatable bonds is 16. The molecule has 13 heteroatoms. The summed E-state index contributed by atoms with van der Waals surface area (Å²) in [5.41, 5.74) is -0.527. The molecule has 0 radical (unpaired) electrons. The van der Waals surface area contributed by atoms with Crippen molar-refractivity contribution in [1.29, 1.82) is 0 Å². The van der Waals surface area contributed by atoms with E-state index in [9.17, 15) is 37.2 Å². The lowest BCUT2D eigenvalue weighted by Crippen LogP contribution is -2.26. The molecule has 2 unspecified atom stereocenters. The number of hydrogen-bond acceptors (Lipinski definition) is 12. The Morgan fingerprint density at radius 1 is 0.581 bits per heavy atom. The number of fused-ring (bicyclic) bond motifs is 2. The fourth-order valence-corrected chi connectivity index (χ4v) is 6.23. The van der Waals surface area contributed by atoms with E-state index in [4.69, 9.17) is 18.9 Å². The van der Waals surface area contributed by atoms with E-state index in [1.54, 1.807) is 0 Å². The fraction of sp³-hybridized carbons (Fsp3) is 0.400. The molecule has 0 bridgehead atoms. The van der Waals surface area contributed by atoms with Crippen LogP contribution in [0.3, 0.4) is 0 Å². The highest BCUT2D eigenvalue weighted by atomic mass is 32.2. The van der Waals surface area contributed by atoms with Gasteiger partial charge in [-0.2, -0.15) is 0 Å². The van der Waals surface area contributed by atoms with Gasteiger partial charge in [0.1, 0.15) is 11.8 Å². The highest BCUT2D eigenvalue weighted by Crippen LogP contribution is 2.34. The van der Waals surface area contributed by atoms with Crippen molar-refractivity contribution in [2.24, 2.45) is 11.8 Å². The van der Waals surface area contributed by atoms with Crippen molar-refractivity contribution in [2.75, 3.05) is 53.9 Å². The first-order valence-electron chi connectivity index (χ1n) is 13.4. The van der Waals surface area contributed by atoms with Gasteiger partial charge >= 0.3 is 0 Å². The Kier molecular flexibility index (Phi) is 10.2. The minimum absolute atomic E-state index is 0.0105. The minimum Gasteiger partial charge on any atom is -0.382 e. The Hall–Kier alpha value is -3.75. The summed E-state index contributed by atoms with van der Waals surface area (Å²) in [7, 11) is -1.37. The number of carbonyl (C=O) groups excluding carboxylic acids is 6. The van der Waals surface area contributed by atoms with Gasteiger partial charge in [-0.3, -0.25) is 28.8 Å². The molecule has 2 atom stereocenters. The molecule has 0 N–H and O–H groups in total. The first kappa shape index (κ1) is 32.2. The monoisotopic (exact) mass is 614 g/mol. The van der Waals surface area contributed by atoms with Crippen LogP contribution in [0.1, 0.15) is 54.3 Å². The highest BCUT2D eigenvalue weighted by Gasteiger charge is 2.45. The van der Waals surface area contributed by atoms with E-state index >= 15 is 0 Å². The standard InChI is InChI=1S/C30H30O12S/c1-39-11-13-41-9-7-23(31)25-27(33)19-5-3-17(15-21(19)29(25)35)43(37,38)18-4-6-20-22(16-18)30(36)26(28(20)34)24(32)8-10-42-14-12-40-2/h3-6,15-16,25-26H,7-14H2,1-2H3. The van der Waals surface area contributed by atoms with Crippen LogP contribution in [0.2, 0.25) is 0 Å². The lowest BCUT2D eigenvalue weighted by molar-refractivity contribution is -0.122. The van der Waals surface area contributed by atoms with E-state index in [0.717, 1.165) is 24.3 Å². The van der Waals surface area contributed by atoms with Crippen molar-refractivity contribution in [3.05, 3.63) is 58.7 Å². The molecule has 0 aliphatic heterocycles. The Morgan fingerprint density at radius 3 is 1.33 bits per heavy atom. The zero-order valence-corrected chi connectivity index (χ0v) is 24.4. The second kappa shape index (κ2) is 13.7. The van der Waals surface area contributed by atoms with Gasteiger partial charge in [0.15, 0.2) is 34.7 Å². The highest BCUT2D eigenvalue weighted by molar-refractivity contribution is 7.91. The second-order valence-electron chi connectivity index (χ2n) is 9.88. The van der Waals surface area contributed by atoms with Crippen molar-refractivity contribution in [2.45, 2.75) is 22.6 Å². The summed E-state index contributed by atoms with van der Waals surface area (Å²) in [6, 6.07) is 6.69. The van der Waals surface area contributed by atoms with E-state index in [2.05, 4.69) is 0 Å². The topological polar surface area (TPSA) is 173 Å². The number of ketones is 6. The van der Waals surface area contributed by atoms with E-state index < -0.39 is 56.4 Å². The van der Waals surface area contributed by atoms with Crippen LogP contribution in [0.25, 0.3) is 0 Å². The molecule has 4 rings (SSSR count). The number of methoxy groups -OCH3 is 2. The van der Waals surface area contributed by atoms with E-state index in [-0.39, 0.29) is 71.3 Å². The molecule has 2 aromatic carbocycles. The SMILES string of the molecule is COCCOCCC(=O)C1C(=O)c2ccc(S(=O)(=O)c3ccc4c(c3)C(=O)C(C(=O)CCOCCOC)C4=O)cc2C1=O. The van der Waals surface area contributed by atoms with E-state index in [1.165, 1.54) is 26.4 Å². The quantitative estimate of drug-likeness (QED) is 0.198. The third kappa shape index (κ3) is 6.45. The maximum atomic E-state index is 13.5. The molecular weight excluding hydrogens is 584 g/mol. The largest absolute Gasteiger partial charge is 0.382 e. The maximum Gasteiger partial charge on any atom is 0.206 e. The predicted octanol–water partition coefficient (Wildman–Crippen LogP) is 1.75. The predicted molar refractivity (Wildman–Crippen MR) is 147 cm³/mol. The summed E-state index contributed by atoms with van der Waals surface area (Å²) < 4.78 is 47.2. The molecule has 0 fully saturated rings. The number of hydrogen-bond donors (Lipinski definition) is 0. The molecule has 0 saturated heterocycles. The molecule has 2 aliphatic rings. The van der Waals surface area contributed by atoms with Gasteiger partial charge in [-0.25, -0.2) is 8.42 Å². The van der Waals surface area contributed by atoms with Crippen molar-refractivity contribution in [1.82, 2.24) is 0 Å². The zero-order valence-electron chi connectivity index (χ0n) is 23.6. The summed E-state index contributed by atoms with van der Waals surface area (Å²) in [5, 5.41) is 0. The Balaban J connectivity index is 1.51. The molecule has 228 valence electrons. The summed E-state index contributed by atoms with van der Waals surface area (Å²) in [6.45, 7) is 1.09. The smallest absolute Gasteiger partial charge is 0.206 e. The summed E-state index contributed by atoms with van der Waals surface area (Å²) >= 11 is 0. The molecule has 2 aliphatic carbocycles. The number of benzene rings is 2. The molecule has 12 nitrogen and oxygen atoms in total. The van der Waals surface area contributed by atoms with Crippen molar-refractivity contribution in [3.8, 4) is 0 Å². The van der Waals surface area contributed by atoms with Gasteiger partial charge in [0.2, 0.25) is 9.84 Å². The van der Waals surface area contributed by atoms with Crippen molar-refractivity contribution >= 4 is 44.5 Å². The van der Waals surface area contributed by atoms with Gasteiger partial charge in [-0.1, -0.05) is 0 Å². The van der Waals surface area contributed by atoms with Gasteiger partial charge in [-0.15, -0.1) is 0 Å². The van der Waals surface area contributed by atoms with E-state index in [0.29, 0.717) is 13.2 Å². The van der Waals surface area contributed by atoms with Crippen molar-refractivity contribution < 1.29 is 56.1 Å². The molecule has 0 heterocycles. The molecule has 0 saturated carbocycles. The van der Waals surface area contributed by atoms with Crippen LogP contribution in [0.15, 0.2) is 46.2 Å². The van der Waals surface area contributed by atoms with E-state index in [1.807, 2.05) is 0 Å². The van der Waals surface area contributed by atoms with Crippen LogP contribution in [0.5, 0.6) is 0 Å². The van der Waals surface area contributed by atoms with Crippen LogP contribution in [0, 0.1) is 11.8 Å². The average molecular weight is 615 g/mol. The second-order valence-corrected chi connectivity index (χ2v) is 11.8. The molecule has 0 amide bonds. The van der Waals surface area contributed by atoms with Crippen LogP contribution in [-0.4, -0.2) is 97.0 Å². The Bertz CT molecular complexity index is 1480. The van der Waals surface area contributed by atoms with Gasteiger partial charge < -0.3 is 18.9 Å². The van der Waals surface area contributed by atoms with Crippen molar-refractivity contribution in [3.63, 3.8) is 0 Å². The first-order valence-corrected chi connectivity index (χ1v) is 14.9. The third-order valence-electron chi connectivity index (χ3n) is 7.21.